The quantitative estimate of drug-likeness (QED) is 0.812. The van der Waals surface area contributed by atoms with Gasteiger partial charge >= 0.3 is 6.18 Å². The molecule has 0 unspecified atom stereocenters. The monoisotopic (exact) mass is 300 g/mol. The summed E-state index contributed by atoms with van der Waals surface area (Å²) in [4.78, 5) is 1.93. The Labute approximate surface area is 124 Å². The third kappa shape index (κ3) is 4.13. The third-order valence-electron chi connectivity index (χ3n) is 3.71. The zero-order valence-electron chi connectivity index (χ0n) is 12.6. The molecule has 0 radical (unpaired) electrons. The SMILES string of the molecule is CCCN(c1ccc(CNCC)cc1C(F)(F)F)C1CC1. The van der Waals surface area contributed by atoms with Crippen molar-refractivity contribution in [2.75, 3.05) is 18.0 Å². The van der Waals surface area contributed by atoms with E-state index in [0.717, 1.165) is 25.8 Å². The highest BCUT2D eigenvalue weighted by Gasteiger charge is 2.38. The van der Waals surface area contributed by atoms with Crippen molar-refractivity contribution in [3.05, 3.63) is 29.3 Å². The Balaban J connectivity index is 2.34. The van der Waals surface area contributed by atoms with E-state index in [2.05, 4.69) is 5.32 Å². The first-order valence-electron chi connectivity index (χ1n) is 7.64. The number of benzene rings is 1. The summed E-state index contributed by atoms with van der Waals surface area (Å²) >= 11 is 0. The molecule has 0 saturated heterocycles. The van der Waals surface area contributed by atoms with Gasteiger partial charge in [0.25, 0.3) is 0 Å². The van der Waals surface area contributed by atoms with E-state index in [4.69, 9.17) is 0 Å². The summed E-state index contributed by atoms with van der Waals surface area (Å²) in [5.41, 5.74) is 0.519. The minimum atomic E-state index is -4.31. The molecule has 0 spiro atoms. The lowest BCUT2D eigenvalue weighted by Gasteiger charge is -2.28. The highest BCUT2D eigenvalue weighted by Crippen LogP contribution is 2.41. The zero-order valence-corrected chi connectivity index (χ0v) is 12.6. The summed E-state index contributed by atoms with van der Waals surface area (Å²) in [6, 6.07) is 5.02. The molecule has 0 heterocycles. The van der Waals surface area contributed by atoms with Gasteiger partial charge in [-0.2, -0.15) is 13.2 Å². The van der Waals surface area contributed by atoms with Crippen LogP contribution >= 0.6 is 0 Å². The van der Waals surface area contributed by atoms with Gasteiger partial charge in [0.05, 0.1) is 5.56 Å². The molecular weight excluding hydrogens is 277 g/mol. The lowest BCUT2D eigenvalue weighted by atomic mass is 10.1. The van der Waals surface area contributed by atoms with E-state index in [1.165, 1.54) is 6.07 Å². The molecule has 1 N–H and O–H groups in total. The van der Waals surface area contributed by atoms with Crippen LogP contribution in [-0.4, -0.2) is 19.1 Å². The highest BCUT2D eigenvalue weighted by molar-refractivity contribution is 5.58. The smallest absolute Gasteiger partial charge is 0.368 e. The second-order valence-corrected chi connectivity index (χ2v) is 5.55. The van der Waals surface area contributed by atoms with Crippen molar-refractivity contribution in [3.8, 4) is 0 Å². The molecule has 0 aliphatic heterocycles. The molecule has 0 amide bonds. The van der Waals surface area contributed by atoms with Crippen molar-refractivity contribution in [3.63, 3.8) is 0 Å². The molecule has 0 bridgehead atoms. The molecule has 1 aliphatic rings. The van der Waals surface area contributed by atoms with Gasteiger partial charge in [0.15, 0.2) is 0 Å². The van der Waals surface area contributed by atoms with Crippen LogP contribution in [0, 0.1) is 0 Å². The van der Waals surface area contributed by atoms with Crippen molar-refractivity contribution < 1.29 is 13.2 Å². The Morgan fingerprint density at radius 2 is 1.95 bits per heavy atom. The fraction of sp³-hybridized carbons (Fsp3) is 0.625. The van der Waals surface area contributed by atoms with E-state index in [0.29, 0.717) is 24.3 Å². The molecule has 2 nitrogen and oxygen atoms in total. The van der Waals surface area contributed by atoms with Crippen LogP contribution in [0.1, 0.15) is 44.2 Å². The van der Waals surface area contributed by atoms with Crippen LogP contribution in [0.4, 0.5) is 18.9 Å². The van der Waals surface area contributed by atoms with Gasteiger partial charge in [0.1, 0.15) is 0 Å². The number of hydrogen-bond acceptors (Lipinski definition) is 2. The molecule has 0 atom stereocenters. The van der Waals surface area contributed by atoms with Crippen molar-refractivity contribution in [2.45, 2.75) is 51.9 Å². The molecule has 2 rings (SSSR count). The predicted octanol–water partition coefficient (Wildman–Crippen LogP) is 4.19. The molecule has 118 valence electrons. The Kier molecular flexibility index (Phi) is 5.14. The summed E-state index contributed by atoms with van der Waals surface area (Å²) in [7, 11) is 0. The van der Waals surface area contributed by atoms with Crippen LogP contribution in [-0.2, 0) is 12.7 Å². The highest BCUT2D eigenvalue weighted by atomic mass is 19.4. The third-order valence-corrected chi connectivity index (χ3v) is 3.71. The van der Waals surface area contributed by atoms with E-state index >= 15 is 0 Å². The zero-order chi connectivity index (χ0) is 15.5. The van der Waals surface area contributed by atoms with Gasteiger partial charge in [0, 0.05) is 24.8 Å². The van der Waals surface area contributed by atoms with Gasteiger partial charge < -0.3 is 10.2 Å². The average Bonchev–Trinajstić information content (AvgIpc) is 3.26. The number of hydrogen-bond donors (Lipinski definition) is 1. The molecule has 1 fully saturated rings. The average molecular weight is 300 g/mol. The van der Waals surface area contributed by atoms with E-state index < -0.39 is 11.7 Å². The summed E-state index contributed by atoms with van der Waals surface area (Å²) < 4.78 is 40.2. The van der Waals surface area contributed by atoms with Gasteiger partial charge in [-0.1, -0.05) is 19.9 Å². The summed E-state index contributed by atoms with van der Waals surface area (Å²) in [5, 5.41) is 3.07. The standard InChI is InChI=1S/C16H23F3N2/c1-3-9-21(13-6-7-13)15-8-5-12(11-20-4-2)10-14(15)16(17,18)19/h5,8,10,13,20H,3-4,6-7,9,11H2,1-2H3. The van der Waals surface area contributed by atoms with Crippen molar-refractivity contribution in [2.24, 2.45) is 0 Å². The van der Waals surface area contributed by atoms with Gasteiger partial charge in [-0.05, 0) is 43.5 Å². The van der Waals surface area contributed by atoms with Crippen LogP contribution in [0.5, 0.6) is 0 Å². The molecule has 1 aromatic carbocycles. The number of rotatable bonds is 7. The summed E-state index contributed by atoms with van der Waals surface area (Å²) in [6.07, 6.45) is -1.46. The number of nitrogens with one attached hydrogen (secondary N) is 1. The van der Waals surface area contributed by atoms with Gasteiger partial charge in [-0.3, -0.25) is 0 Å². The van der Waals surface area contributed by atoms with Crippen molar-refractivity contribution in [1.29, 1.82) is 0 Å². The molecule has 0 aromatic heterocycles. The molecule has 5 heteroatoms. The van der Waals surface area contributed by atoms with Crippen LogP contribution in [0.2, 0.25) is 0 Å². The molecule has 1 aliphatic carbocycles. The number of nitrogens with zero attached hydrogens (tertiary/aromatic N) is 1. The lowest BCUT2D eigenvalue weighted by molar-refractivity contribution is -0.137. The first-order chi connectivity index (χ1) is 9.97. The number of anilines is 1. The fourth-order valence-corrected chi connectivity index (χ4v) is 2.57. The Bertz CT molecular complexity index is 467. The second-order valence-electron chi connectivity index (χ2n) is 5.55. The normalized spacial score (nSPS) is 15.3. The van der Waals surface area contributed by atoms with E-state index in [-0.39, 0.29) is 6.04 Å². The maximum Gasteiger partial charge on any atom is 0.418 e. The van der Waals surface area contributed by atoms with E-state index in [9.17, 15) is 13.2 Å². The molecular formula is C16H23F3N2. The van der Waals surface area contributed by atoms with Crippen LogP contribution in [0.3, 0.4) is 0 Å². The minimum absolute atomic E-state index is 0.283. The first-order valence-corrected chi connectivity index (χ1v) is 7.64. The first kappa shape index (κ1) is 16.1. The van der Waals surface area contributed by atoms with E-state index in [1.54, 1.807) is 12.1 Å². The number of alkyl halides is 3. The van der Waals surface area contributed by atoms with Crippen LogP contribution in [0.15, 0.2) is 18.2 Å². The lowest BCUT2D eigenvalue weighted by Crippen LogP contribution is -2.29. The second kappa shape index (κ2) is 6.69. The van der Waals surface area contributed by atoms with Crippen molar-refractivity contribution >= 4 is 5.69 Å². The molecule has 1 aromatic rings. The summed E-state index contributed by atoms with van der Waals surface area (Å²) in [6.45, 7) is 5.84. The maximum atomic E-state index is 13.4. The topological polar surface area (TPSA) is 15.3 Å². The number of halogens is 3. The molecule has 1 saturated carbocycles. The van der Waals surface area contributed by atoms with E-state index in [1.807, 2.05) is 18.7 Å². The largest absolute Gasteiger partial charge is 0.418 e. The predicted molar refractivity (Wildman–Crippen MR) is 79.5 cm³/mol. The Morgan fingerprint density at radius 3 is 2.48 bits per heavy atom. The van der Waals surface area contributed by atoms with Crippen molar-refractivity contribution in [1.82, 2.24) is 5.32 Å². The Hall–Kier alpha value is -1.23. The van der Waals surface area contributed by atoms with Crippen LogP contribution < -0.4 is 10.2 Å². The van der Waals surface area contributed by atoms with Gasteiger partial charge in [-0.15, -0.1) is 0 Å². The summed E-state index contributed by atoms with van der Waals surface area (Å²) in [5.74, 6) is 0. The fourth-order valence-electron chi connectivity index (χ4n) is 2.57. The molecule has 21 heavy (non-hydrogen) atoms. The van der Waals surface area contributed by atoms with Gasteiger partial charge in [0.2, 0.25) is 0 Å². The van der Waals surface area contributed by atoms with Crippen LogP contribution in [0.25, 0.3) is 0 Å². The minimum Gasteiger partial charge on any atom is -0.368 e. The maximum absolute atomic E-state index is 13.4. The Morgan fingerprint density at radius 1 is 1.24 bits per heavy atom. The van der Waals surface area contributed by atoms with Gasteiger partial charge in [-0.25, -0.2) is 0 Å².